The van der Waals surface area contributed by atoms with Gasteiger partial charge in [0, 0.05) is 19.4 Å². The fourth-order valence-electron chi connectivity index (χ4n) is 2.99. The number of thiazole rings is 1. The Bertz CT molecular complexity index is 874. The highest BCUT2D eigenvalue weighted by atomic mass is 32.1. The number of rotatable bonds is 8. The van der Waals surface area contributed by atoms with E-state index in [-0.39, 0.29) is 11.9 Å². The van der Waals surface area contributed by atoms with Gasteiger partial charge < -0.3 is 15.0 Å². The first-order valence-corrected chi connectivity index (χ1v) is 9.80. The molecule has 0 fully saturated rings. The third-order valence-electron chi connectivity index (χ3n) is 4.50. The summed E-state index contributed by atoms with van der Waals surface area (Å²) in [6.07, 6.45) is 1.11. The first kappa shape index (κ1) is 19.3. The summed E-state index contributed by atoms with van der Waals surface area (Å²) in [6, 6.07) is 16.1. The van der Waals surface area contributed by atoms with Gasteiger partial charge in [0.2, 0.25) is 5.91 Å². The number of hydrogen-bond acceptors (Lipinski definition) is 5. The Balaban J connectivity index is 1.55. The van der Waals surface area contributed by atoms with Crippen molar-refractivity contribution >= 4 is 27.5 Å². The predicted molar refractivity (Wildman–Crippen MR) is 110 cm³/mol. The standard InChI is InChI=1S/C21H25N3O2S/c1-24(2)18(15-7-6-8-16(13-15)26-3)14-22-20(25)11-12-21-23-17-9-4-5-10-19(17)27-21/h4-10,13,18H,11-12,14H2,1-3H3,(H,22,25)/t18-/m0/s1. The van der Waals surface area contributed by atoms with Gasteiger partial charge >= 0.3 is 0 Å². The Morgan fingerprint density at radius 2 is 2.04 bits per heavy atom. The van der Waals surface area contributed by atoms with E-state index in [9.17, 15) is 4.79 Å². The van der Waals surface area contributed by atoms with Crippen molar-refractivity contribution in [2.24, 2.45) is 0 Å². The normalized spacial score (nSPS) is 12.3. The van der Waals surface area contributed by atoms with Gasteiger partial charge in [-0.15, -0.1) is 11.3 Å². The van der Waals surface area contributed by atoms with Crippen LogP contribution in [0.2, 0.25) is 0 Å². The molecule has 3 rings (SSSR count). The minimum atomic E-state index is 0.0454. The molecule has 6 heteroatoms. The number of carbonyl (C=O) groups excluding carboxylic acids is 1. The van der Waals surface area contributed by atoms with Crippen LogP contribution >= 0.6 is 11.3 Å². The van der Waals surface area contributed by atoms with Gasteiger partial charge in [-0.2, -0.15) is 0 Å². The van der Waals surface area contributed by atoms with Crippen LogP contribution in [0, 0.1) is 0 Å². The van der Waals surface area contributed by atoms with Crippen molar-refractivity contribution in [3.63, 3.8) is 0 Å². The predicted octanol–water partition coefficient (Wildman–Crippen LogP) is 3.66. The summed E-state index contributed by atoms with van der Waals surface area (Å²) in [5, 5.41) is 4.06. The minimum Gasteiger partial charge on any atom is -0.497 e. The van der Waals surface area contributed by atoms with Crippen LogP contribution in [0.3, 0.4) is 0 Å². The molecule has 0 aliphatic carbocycles. The van der Waals surface area contributed by atoms with E-state index in [0.29, 0.717) is 19.4 Å². The molecule has 142 valence electrons. The lowest BCUT2D eigenvalue weighted by molar-refractivity contribution is -0.121. The SMILES string of the molecule is COc1cccc([C@H](CNC(=O)CCc2nc3ccccc3s2)N(C)C)c1. The maximum atomic E-state index is 12.3. The maximum absolute atomic E-state index is 12.3. The van der Waals surface area contributed by atoms with Crippen LogP contribution in [0.1, 0.15) is 23.0 Å². The van der Waals surface area contributed by atoms with E-state index in [1.807, 2.05) is 50.5 Å². The second-order valence-corrected chi connectivity index (χ2v) is 7.75. The summed E-state index contributed by atoms with van der Waals surface area (Å²) in [5.41, 5.74) is 2.12. The number of aromatic nitrogens is 1. The number of ether oxygens (including phenoxy) is 1. The van der Waals surface area contributed by atoms with Crippen LogP contribution in [0.25, 0.3) is 10.2 Å². The molecule has 0 bridgehead atoms. The smallest absolute Gasteiger partial charge is 0.220 e. The molecule has 0 aliphatic rings. The zero-order valence-corrected chi connectivity index (χ0v) is 16.8. The van der Waals surface area contributed by atoms with Crippen LogP contribution in [0.5, 0.6) is 5.75 Å². The van der Waals surface area contributed by atoms with Gasteiger partial charge in [0.15, 0.2) is 0 Å². The molecule has 5 nitrogen and oxygen atoms in total. The van der Waals surface area contributed by atoms with Gasteiger partial charge in [-0.3, -0.25) is 4.79 Å². The molecule has 1 N–H and O–H groups in total. The molecule has 2 aromatic carbocycles. The molecule has 27 heavy (non-hydrogen) atoms. The third-order valence-corrected chi connectivity index (χ3v) is 5.59. The maximum Gasteiger partial charge on any atom is 0.220 e. The lowest BCUT2D eigenvalue weighted by atomic mass is 10.1. The van der Waals surface area contributed by atoms with Crippen molar-refractivity contribution in [1.82, 2.24) is 15.2 Å². The van der Waals surface area contributed by atoms with Crippen molar-refractivity contribution in [2.75, 3.05) is 27.7 Å². The summed E-state index contributed by atoms with van der Waals surface area (Å²) >= 11 is 1.66. The van der Waals surface area contributed by atoms with E-state index in [4.69, 9.17) is 4.74 Å². The molecular formula is C21H25N3O2S. The quantitative estimate of drug-likeness (QED) is 0.645. The minimum absolute atomic E-state index is 0.0454. The second-order valence-electron chi connectivity index (χ2n) is 6.64. The Morgan fingerprint density at radius 1 is 1.22 bits per heavy atom. The highest BCUT2D eigenvalue weighted by Crippen LogP contribution is 2.23. The van der Waals surface area contributed by atoms with Gasteiger partial charge in [0.05, 0.1) is 28.4 Å². The van der Waals surface area contributed by atoms with E-state index in [0.717, 1.165) is 21.8 Å². The number of nitrogens with one attached hydrogen (secondary N) is 1. The number of hydrogen-bond donors (Lipinski definition) is 1. The number of likely N-dealkylation sites (N-methyl/N-ethyl adjacent to an activating group) is 1. The number of methoxy groups -OCH3 is 1. The summed E-state index contributed by atoms with van der Waals surface area (Å²) in [5.74, 6) is 0.866. The van der Waals surface area contributed by atoms with Crippen molar-refractivity contribution in [3.8, 4) is 5.75 Å². The molecule has 3 aromatic rings. The number of aryl methyl sites for hydroxylation is 1. The molecule has 0 aliphatic heterocycles. The molecule has 1 amide bonds. The molecule has 0 radical (unpaired) electrons. The zero-order valence-electron chi connectivity index (χ0n) is 15.9. The average Bonchev–Trinajstić information content (AvgIpc) is 3.09. The fraction of sp³-hybridized carbons (Fsp3) is 0.333. The number of fused-ring (bicyclic) bond motifs is 1. The third kappa shape index (κ3) is 5.05. The van der Waals surface area contributed by atoms with Crippen LogP contribution in [0.15, 0.2) is 48.5 Å². The molecule has 0 unspecified atom stereocenters. The van der Waals surface area contributed by atoms with Gasteiger partial charge in [0.1, 0.15) is 5.75 Å². The first-order chi connectivity index (χ1) is 13.1. The van der Waals surface area contributed by atoms with Crippen molar-refractivity contribution in [3.05, 3.63) is 59.1 Å². The van der Waals surface area contributed by atoms with Crippen LogP contribution in [-0.2, 0) is 11.2 Å². The van der Waals surface area contributed by atoms with Gasteiger partial charge in [-0.25, -0.2) is 4.98 Å². The van der Waals surface area contributed by atoms with E-state index in [1.54, 1.807) is 18.4 Å². The highest BCUT2D eigenvalue weighted by molar-refractivity contribution is 7.18. The summed E-state index contributed by atoms with van der Waals surface area (Å²) in [4.78, 5) is 19.0. The van der Waals surface area contributed by atoms with Gasteiger partial charge in [0.25, 0.3) is 0 Å². The summed E-state index contributed by atoms with van der Waals surface area (Å²) in [7, 11) is 5.68. The molecule has 1 heterocycles. The number of nitrogens with zero attached hydrogens (tertiary/aromatic N) is 2. The number of carbonyl (C=O) groups is 1. The Kier molecular flexibility index (Phi) is 6.42. The lowest BCUT2D eigenvalue weighted by Gasteiger charge is -2.25. The Hall–Kier alpha value is -2.44. The molecule has 1 aromatic heterocycles. The highest BCUT2D eigenvalue weighted by Gasteiger charge is 2.16. The average molecular weight is 384 g/mol. The lowest BCUT2D eigenvalue weighted by Crippen LogP contribution is -2.34. The first-order valence-electron chi connectivity index (χ1n) is 8.98. The van der Waals surface area contributed by atoms with E-state index >= 15 is 0 Å². The van der Waals surface area contributed by atoms with Crippen molar-refractivity contribution in [2.45, 2.75) is 18.9 Å². The molecule has 0 saturated carbocycles. The second kappa shape index (κ2) is 8.97. The zero-order chi connectivity index (χ0) is 19.2. The van der Waals surface area contributed by atoms with Crippen molar-refractivity contribution in [1.29, 1.82) is 0 Å². The molecule has 0 saturated heterocycles. The molecule has 0 spiro atoms. The number of amides is 1. The van der Waals surface area contributed by atoms with Crippen LogP contribution < -0.4 is 10.1 Å². The number of benzene rings is 2. The van der Waals surface area contributed by atoms with E-state index < -0.39 is 0 Å². The van der Waals surface area contributed by atoms with E-state index in [1.165, 1.54) is 4.70 Å². The number of para-hydroxylation sites is 1. The Labute approximate surface area is 164 Å². The monoisotopic (exact) mass is 383 g/mol. The Morgan fingerprint density at radius 3 is 2.78 bits per heavy atom. The van der Waals surface area contributed by atoms with Crippen LogP contribution in [0.4, 0.5) is 0 Å². The van der Waals surface area contributed by atoms with Crippen molar-refractivity contribution < 1.29 is 9.53 Å². The summed E-state index contributed by atoms with van der Waals surface area (Å²) < 4.78 is 6.48. The fourth-order valence-corrected chi connectivity index (χ4v) is 3.96. The van der Waals surface area contributed by atoms with Gasteiger partial charge in [-0.1, -0.05) is 24.3 Å². The largest absolute Gasteiger partial charge is 0.497 e. The summed E-state index contributed by atoms with van der Waals surface area (Å²) in [6.45, 7) is 0.554. The van der Waals surface area contributed by atoms with E-state index in [2.05, 4.69) is 27.3 Å². The topological polar surface area (TPSA) is 54.5 Å². The molecular weight excluding hydrogens is 358 g/mol. The molecule has 1 atom stereocenters. The van der Waals surface area contributed by atoms with Crippen LogP contribution in [-0.4, -0.2) is 43.5 Å². The van der Waals surface area contributed by atoms with Gasteiger partial charge in [-0.05, 0) is 43.9 Å².